The Morgan fingerprint density at radius 2 is 2.05 bits per heavy atom. The van der Waals surface area contributed by atoms with E-state index in [1.54, 1.807) is 0 Å². The number of halogens is 1. The first-order valence-electron chi connectivity index (χ1n) is 7.33. The van der Waals surface area contributed by atoms with E-state index < -0.39 is 5.97 Å². The third-order valence-electron chi connectivity index (χ3n) is 3.62. The molecule has 1 aliphatic heterocycles. The van der Waals surface area contributed by atoms with Crippen LogP contribution >= 0.6 is 11.6 Å². The molecule has 7 heteroatoms. The number of nitrogens with one attached hydrogen (secondary N) is 3. The van der Waals surface area contributed by atoms with E-state index in [-0.39, 0.29) is 24.4 Å². The maximum Gasteiger partial charge on any atom is 0.303 e. The number of carbonyl (C=O) groups excluding carboxylic acids is 1. The highest BCUT2D eigenvalue weighted by molar-refractivity contribution is 6.31. The van der Waals surface area contributed by atoms with Crippen molar-refractivity contribution >= 4 is 23.5 Å². The Balaban J connectivity index is 1.74. The second kappa shape index (κ2) is 8.12. The van der Waals surface area contributed by atoms with Crippen LogP contribution in [-0.4, -0.2) is 29.6 Å². The van der Waals surface area contributed by atoms with Crippen molar-refractivity contribution in [1.82, 2.24) is 16.2 Å². The molecule has 1 heterocycles. The quantitative estimate of drug-likeness (QED) is 0.572. The van der Waals surface area contributed by atoms with Gasteiger partial charge in [0, 0.05) is 24.0 Å². The number of amides is 1. The van der Waals surface area contributed by atoms with E-state index in [4.69, 9.17) is 16.7 Å². The monoisotopic (exact) mass is 325 g/mol. The molecule has 120 valence electrons. The smallest absolute Gasteiger partial charge is 0.303 e. The van der Waals surface area contributed by atoms with E-state index in [9.17, 15) is 9.59 Å². The molecule has 0 bridgehead atoms. The molecule has 1 amide bonds. The molecule has 1 fully saturated rings. The molecule has 4 N–H and O–H groups in total. The summed E-state index contributed by atoms with van der Waals surface area (Å²) in [5.74, 6) is -0.895. The molecule has 0 aromatic heterocycles. The highest BCUT2D eigenvalue weighted by Crippen LogP contribution is 2.28. The summed E-state index contributed by atoms with van der Waals surface area (Å²) in [6.45, 7) is 0.487. The molecular formula is C15H20ClN3O3. The van der Waals surface area contributed by atoms with Gasteiger partial charge in [0.05, 0.1) is 0 Å². The Hall–Kier alpha value is -1.63. The van der Waals surface area contributed by atoms with Gasteiger partial charge in [-0.25, -0.2) is 10.9 Å². The van der Waals surface area contributed by atoms with Crippen molar-refractivity contribution in [3.8, 4) is 0 Å². The number of hydrogen-bond acceptors (Lipinski definition) is 4. The lowest BCUT2D eigenvalue weighted by Crippen LogP contribution is -2.43. The van der Waals surface area contributed by atoms with Gasteiger partial charge in [-0.15, -0.1) is 0 Å². The summed E-state index contributed by atoms with van der Waals surface area (Å²) in [5.41, 5.74) is 7.03. The molecule has 2 atom stereocenters. The fraction of sp³-hybridized carbons (Fsp3) is 0.467. The first kappa shape index (κ1) is 16.7. The molecule has 2 unspecified atom stereocenters. The van der Waals surface area contributed by atoms with Gasteiger partial charge in [-0.1, -0.05) is 29.8 Å². The van der Waals surface area contributed by atoms with Crippen LogP contribution in [0.4, 0.5) is 0 Å². The van der Waals surface area contributed by atoms with Crippen LogP contribution in [0.3, 0.4) is 0 Å². The SMILES string of the molecule is O=C(O)CCCCNC(=O)C1CC(c2ccccc2Cl)NN1. The van der Waals surface area contributed by atoms with E-state index >= 15 is 0 Å². The van der Waals surface area contributed by atoms with Crippen LogP contribution in [0.25, 0.3) is 0 Å². The lowest BCUT2D eigenvalue weighted by atomic mass is 10.0. The standard InChI is InChI=1S/C15H20ClN3O3/c16-11-6-2-1-5-10(11)12-9-13(19-18-12)15(22)17-8-4-3-7-14(20)21/h1-2,5-6,12-13,18-19H,3-4,7-9H2,(H,17,22)(H,20,21). The maximum absolute atomic E-state index is 12.0. The molecule has 1 aromatic rings. The molecule has 22 heavy (non-hydrogen) atoms. The molecule has 0 saturated carbocycles. The molecule has 0 aliphatic carbocycles. The van der Waals surface area contributed by atoms with E-state index in [1.807, 2.05) is 24.3 Å². The predicted molar refractivity (Wildman–Crippen MR) is 83.4 cm³/mol. The Morgan fingerprint density at radius 1 is 1.27 bits per heavy atom. The molecule has 1 saturated heterocycles. The Labute approximate surface area is 134 Å². The summed E-state index contributed by atoms with van der Waals surface area (Å²) >= 11 is 6.16. The number of hydrazine groups is 1. The van der Waals surface area contributed by atoms with Crippen molar-refractivity contribution in [1.29, 1.82) is 0 Å². The van der Waals surface area contributed by atoms with Crippen LogP contribution < -0.4 is 16.2 Å². The lowest BCUT2D eigenvalue weighted by molar-refractivity contribution is -0.137. The zero-order valence-electron chi connectivity index (χ0n) is 12.1. The zero-order chi connectivity index (χ0) is 15.9. The molecule has 2 rings (SSSR count). The van der Waals surface area contributed by atoms with Gasteiger partial charge >= 0.3 is 5.97 Å². The molecule has 0 radical (unpaired) electrons. The fourth-order valence-corrected chi connectivity index (χ4v) is 2.69. The average Bonchev–Trinajstić information content (AvgIpc) is 2.96. The van der Waals surface area contributed by atoms with Gasteiger partial charge < -0.3 is 10.4 Å². The van der Waals surface area contributed by atoms with Crippen molar-refractivity contribution in [3.63, 3.8) is 0 Å². The van der Waals surface area contributed by atoms with Crippen LogP contribution in [0.2, 0.25) is 5.02 Å². The summed E-state index contributed by atoms with van der Waals surface area (Å²) in [6.07, 6.45) is 1.97. The highest BCUT2D eigenvalue weighted by Gasteiger charge is 2.30. The van der Waals surface area contributed by atoms with Gasteiger partial charge in [0.15, 0.2) is 0 Å². The van der Waals surface area contributed by atoms with Crippen molar-refractivity contribution < 1.29 is 14.7 Å². The molecule has 1 aliphatic rings. The van der Waals surface area contributed by atoms with E-state index in [0.29, 0.717) is 30.8 Å². The number of benzene rings is 1. The normalized spacial score (nSPS) is 20.8. The average molecular weight is 326 g/mol. The zero-order valence-corrected chi connectivity index (χ0v) is 12.9. The number of carbonyl (C=O) groups is 2. The maximum atomic E-state index is 12.0. The molecular weight excluding hydrogens is 306 g/mol. The summed E-state index contributed by atoms with van der Waals surface area (Å²) in [7, 11) is 0. The molecule has 1 aromatic carbocycles. The van der Waals surface area contributed by atoms with Crippen LogP contribution in [0.15, 0.2) is 24.3 Å². The van der Waals surface area contributed by atoms with Crippen molar-refractivity contribution in [2.24, 2.45) is 0 Å². The lowest BCUT2D eigenvalue weighted by Gasteiger charge is -2.11. The Bertz CT molecular complexity index is 539. The minimum absolute atomic E-state index is 0.00328. The number of unbranched alkanes of at least 4 members (excludes halogenated alkanes) is 1. The Kier molecular flexibility index (Phi) is 6.18. The molecule has 6 nitrogen and oxygen atoms in total. The number of hydrogen-bond donors (Lipinski definition) is 4. The fourth-order valence-electron chi connectivity index (χ4n) is 2.43. The summed E-state index contributed by atoms with van der Waals surface area (Å²) in [4.78, 5) is 22.4. The first-order chi connectivity index (χ1) is 10.6. The van der Waals surface area contributed by atoms with Crippen molar-refractivity contribution in [3.05, 3.63) is 34.9 Å². The minimum atomic E-state index is -0.810. The minimum Gasteiger partial charge on any atom is -0.481 e. The second-order valence-corrected chi connectivity index (χ2v) is 5.70. The van der Waals surface area contributed by atoms with Crippen LogP contribution in [0, 0.1) is 0 Å². The Morgan fingerprint density at radius 3 is 2.77 bits per heavy atom. The summed E-state index contributed by atoms with van der Waals surface area (Å²) in [5, 5.41) is 12.0. The highest BCUT2D eigenvalue weighted by atomic mass is 35.5. The number of rotatable bonds is 7. The van der Waals surface area contributed by atoms with Gasteiger partial charge in [-0.05, 0) is 30.9 Å². The largest absolute Gasteiger partial charge is 0.481 e. The van der Waals surface area contributed by atoms with Crippen LogP contribution in [0.1, 0.15) is 37.3 Å². The van der Waals surface area contributed by atoms with Crippen molar-refractivity contribution in [2.45, 2.75) is 37.8 Å². The van der Waals surface area contributed by atoms with Gasteiger partial charge in [-0.2, -0.15) is 0 Å². The summed E-state index contributed by atoms with van der Waals surface area (Å²) < 4.78 is 0. The van der Waals surface area contributed by atoms with Gasteiger partial charge in [0.2, 0.25) is 5.91 Å². The van der Waals surface area contributed by atoms with E-state index in [0.717, 1.165) is 5.56 Å². The number of carboxylic acid groups (broad SMARTS) is 1. The summed E-state index contributed by atoms with van der Waals surface area (Å²) in [6, 6.07) is 7.23. The molecule has 0 spiro atoms. The predicted octanol–water partition coefficient (Wildman–Crippen LogP) is 1.62. The van der Waals surface area contributed by atoms with Gasteiger partial charge in [-0.3, -0.25) is 9.59 Å². The van der Waals surface area contributed by atoms with E-state index in [1.165, 1.54) is 0 Å². The van der Waals surface area contributed by atoms with Crippen molar-refractivity contribution in [2.75, 3.05) is 6.54 Å². The third kappa shape index (κ3) is 4.69. The third-order valence-corrected chi connectivity index (χ3v) is 3.96. The van der Waals surface area contributed by atoms with E-state index in [2.05, 4.69) is 16.2 Å². The second-order valence-electron chi connectivity index (χ2n) is 5.29. The van der Waals surface area contributed by atoms with Crippen LogP contribution in [-0.2, 0) is 9.59 Å². The topological polar surface area (TPSA) is 90.5 Å². The van der Waals surface area contributed by atoms with Gasteiger partial charge in [0.1, 0.15) is 6.04 Å². The van der Waals surface area contributed by atoms with Gasteiger partial charge in [0.25, 0.3) is 0 Å². The number of carboxylic acids is 1. The first-order valence-corrected chi connectivity index (χ1v) is 7.70. The van der Waals surface area contributed by atoms with Crippen LogP contribution in [0.5, 0.6) is 0 Å². The number of aliphatic carboxylic acids is 1.